The molecule has 110 valence electrons. The Balaban J connectivity index is 2.30. The molecule has 2 amide bonds. The average Bonchev–Trinajstić information content (AvgIpc) is 2.61. The van der Waals surface area contributed by atoms with Crippen LogP contribution in [0.3, 0.4) is 0 Å². The van der Waals surface area contributed by atoms with E-state index in [1.807, 2.05) is 0 Å². The van der Waals surface area contributed by atoms with Gasteiger partial charge in [-0.3, -0.25) is 9.59 Å². The molecule has 19 heavy (non-hydrogen) atoms. The van der Waals surface area contributed by atoms with Crippen molar-refractivity contribution < 1.29 is 18.0 Å². The van der Waals surface area contributed by atoms with Crippen LogP contribution in [-0.4, -0.2) is 69.9 Å². The minimum atomic E-state index is -3.02. The van der Waals surface area contributed by atoms with Crippen molar-refractivity contribution in [1.29, 1.82) is 0 Å². The molecule has 1 aliphatic rings. The van der Waals surface area contributed by atoms with Gasteiger partial charge < -0.3 is 15.5 Å². The fraction of sp³-hybridized carbons (Fsp3) is 0.818. The second kappa shape index (κ2) is 7.44. The number of sulfone groups is 1. The topological polar surface area (TPSA) is 95.6 Å². The van der Waals surface area contributed by atoms with Gasteiger partial charge in [0.25, 0.3) is 0 Å². The summed E-state index contributed by atoms with van der Waals surface area (Å²) >= 11 is 0. The molecular weight excluding hydrogens is 270 g/mol. The number of carbonyl (C=O) groups excluding carboxylic acids is 2. The third-order valence-corrected chi connectivity index (χ3v) is 3.83. The van der Waals surface area contributed by atoms with Crippen LogP contribution in [0.1, 0.15) is 12.8 Å². The predicted octanol–water partition coefficient (Wildman–Crippen LogP) is -1.64. The van der Waals surface area contributed by atoms with E-state index in [-0.39, 0.29) is 12.3 Å². The summed E-state index contributed by atoms with van der Waals surface area (Å²) in [6, 6.07) is 0. The van der Waals surface area contributed by atoms with Crippen LogP contribution in [0, 0.1) is 0 Å². The molecule has 0 radical (unpaired) electrons. The number of rotatable bonds is 4. The highest BCUT2D eigenvalue weighted by atomic mass is 32.2. The molecule has 1 aliphatic heterocycles. The summed E-state index contributed by atoms with van der Waals surface area (Å²) in [7, 11) is -3.02. The van der Waals surface area contributed by atoms with E-state index in [1.165, 1.54) is 4.90 Å². The third-order valence-electron chi connectivity index (χ3n) is 2.80. The van der Waals surface area contributed by atoms with Gasteiger partial charge in [-0.25, -0.2) is 8.42 Å². The molecule has 0 bridgehead atoms. The van der Waals surface area contributed by atoms with Crippen LogP contribution in [0.2, 0.25) is 0 Å². The van der Waals surface area contributed by atoms with E-state index in [0.29, 0.717) is 26.1 Å². The van der Waals surface area contributed by atoms with Gasteiger partial charge in [-0.1, -0.05) is 0 Å². The highest BCUT2D eigenvalue weighted by molar-refractivity contribution is 7.90. The fourth-order valence-electron chi connectivity index (χ4n) is 1.80. The zero-order chi connectivity index (χ0) is 14.3. The van der Waals surface area contributed by atoms with E-state index in [9.17, 15) is 18.0 Å². The largest absolute Gasteiger partial charge is 0.348 e. The molecule has 0 unspecified atom stereocenters. The molecule has 0 spiro atoms. The molecule has 0 aromatic heterocycles. The summed E-state index contributed by atoms with van der Waals surface area (Å²) in [6.45, 7) is 2.83. The Kier molecular flexibility index (Phi) is 6.23. The van der Waals surface area contributed by atoms with Gasteiger partial charge >= 0.3 is 11.8 Å². The fourth-order valence-corrected chi connectivity index (χ4v) is 2.47. The lowest BCUT2D eigenvalue weighted by Crippen LogP contribution is -2.44. The van der Waals surface area contributed by atoms with E-state index >= 15 is 0 Å². The van der Waals surface area contributed by atoms with Gasteiger partial charge in [0, 0.05) is 32.4 Å². The summed E-state index contributed by atoms with van der Waals surface area (Å²) in [5, 5.41) is 5.61. The number of carbonyl (C=O) groups is 2. The summed E-state index contributed by atoms with van der Waals surface area (Å²) in [6.07, 6.45) is 2.29. The zero-order valence-electron chi connectivity index (χ0n) is 11.1. The molecule has 2 N–H and O–H groups in total. The normalized spacial score (nSPS) is 16.8. The first-order valence-electron chi connectivity index (χ1n) is 6.36. The Labute approximate surface area is 113 Å². The van der Waals surface area contributed by atoms with Crippen molar-refractivity contribution in [3.63, 3.8) is 0 Å². The van der Waals surface area contributed by atoms with Crippen LogP contribution in [0.5, 0.6) is 0 Å². The van der Waals surface area contributed by atoms with Crippen LogP contribution < -0.4 is 10.6 Å². The highest BCUT2D eigenvalue weighted by Gasteiger charge is 2.21. The van der Waals surface area contributed by atoms with Crippen LogP contribution >= 0.6 is 0 Å². The zero-order valence-corrected chi connectivity index (χ0v) is 12.0. The Morgan fingerprint density at radius 1 is 1.26 bits per heavy atom. The number of nitrogens with zero attached hydrogens (tertiary/aromatic N) is 1. The van der Waals surface area contributed by atoms with Crippen molar-refractivity contribution >= 4 is 21.7 Å². The minimum absolute atomic E-state index is 0.00903. The van der Waals surface area contributed by atoms with Gasteiger partial charge in [0.2, 0.25) is 0 Å². The Morgan fingerprint density at radius 3 is 2.68 bits per heavy atom. The molecular formula is C11H21N3O4S. The molecule has 0 saturated carbocycles. The molecule has 7 nitrogen and oxygen atoms in total. The van der Waals surface area contributed by atoms with Crippen LogP contribution in [0.25, 0.3) is 0 Å². The molecule has 0 atom stereocenters. The summed E-state index contributed by atoms with van der Waals surface area (Å²) in [5.41, 5.74) is 0. The van der Waals surface area contributed by atoms with Crippen molar-refractivity contribution in [2.45, 2.75) is 12.8 Å². The molecule has 0 aromatic carbocycles. The van der Waals surface area contributed by atoms with E-state index in [2.05, 4.69) is 10.6 Å². The molecule has 1 heterocycles. The molecule has 1 fully saturated rings. The van der Waals surface area contributed by atoms with E-state index in [1.54, 1.807) is 0 Å². The second-order valence-electron chi connectivity index (χ2n) is 4.64. The van der Waals surface area contributed by atoms with Crippen molar-refractivity contribution in [1.82, 2.24) is 15.5 Å². The smallest absolute Gasteiger partial charge is 0.311 e. The van der Waals surface area contributed by atoms with Crippen LogP contribution in [0.4, 0.5) is 0 Å². The average molecular weight is 291 g/mol. The third kappa shape index (κ3) is 6.53. The standard InChI is InChI=1S/C11H21N3O4S/c1-19(17,18)9-3-5-13-10(15)11(16)14-7-2-4-12-6-8-14/h12H,2-9H2,1H3,(H,13,15). The maximum Gasteiger partial charge on any atom is 0.311 e. The Hall–Kier alpha value is -1.15. The van der Waals surface area contributed by atoms with Crippen molar-refractivity contribution in [2.75, 3.05) is 44.7 Å². The first-order chi connectivity index (χ1) is 8.90. The van der Waals surface area contributed by atoms with Gasteiger partial charge in [0.05, 0.1) is 5.75 Å². The SMILES string of the molecule is CS(=O)(=O)CCCNC(=O)C(=O)N1CCCNCC1. The van der Waals surface area contributed by atoms with E-state index in [0.717, 1.165) is 19.2 Å². The molecule has 1 rings (SSSR count). The second-order valence-corrected chi connectivity index (χ2v) is 6.89. The molecule has 0 aliphatic carbocycles. The summed E-state index contributed by atoms with van der Waals surface area (Å²) in [5.74, 6) is -1.19. The van der Waals surface area contributed by atoms with Crippen molar-refractivity contribution in [2.24, 2.45) is 0 Å². The lowest BCUT2D eigenvalue weighted by atomic mass is 10.3. The van der Waals surface area contributed by atoms with Gasteiger partial charge in [0.1, 0.15) is 9.84 Å². The number of nitrogens with one attached hydrogen (secondary N) is 2. The number of hydrogen-bond donors (Lipinski definition) is 2. The Morgan fingerprint density at radius 2 is 2.00 bits per heavy atom. The minimum Gasteiger partial charge on any atom is -0.348 e. The van der Waals surface area contributed by atoms with Gasteiger partial charge in [-0.15, -0.1) is 0 Å². The van der Waals surface area contributed by atoms with Gasteiger partial charge in [0.15, 0.2) is 0 Å². The van der Waals surface area contributed by atoms with Gasteiger partial charge in [-0.2, -0.15) is 0 Å². The number of amides is 2. The van der Waals surface area contributed by atoms with E-state index in [4.69, 9.17) is 0 Å². The first-order valence-corrected chi connectivity index (χ1v) is 8.42. The van der Waals surface area contributed by atoms with Crippen molar-refractivity contribution in [3.8, 4) is 0 Å². The molecule has 8 heteroatoms. The molecule has 1 saturated heterocycles. The van der Waals surface area contributed by atoms with Crippen LogP contribution in [0.15, 0.2) is 0 Å². The lowest BCUT2D eigenvalue weighted by Gasteiger charge is -2.19. The Bertz CT molecular complexity index is 414. The number of hydrogen-bond acceptors (Lipinski definition) is 5. The van der Waals surface area contributed by atoms with Gasteiger partial charge in [-0.05, 0) is 19.4 Å². The predicted molar refractivity (Wildman–Crippen MR) is 71.4 cm³/mol. The lowest BCUT2D eigenvalue weighted by molar-refractivity contribution is -0.145. The van der Waals surface area contributed by atoms with E-state index < -0.39 is 21.7 Å². The summed E-state index contributed by atoms with van der Waals surface area (Å²) in [4.78, 5) is 24.9. The van der Waals surface area contributed by atoms with Crippen molar-refractivity contribution in [3.05, 3.63) is 0 Å². The maximum absolute atomic E-state index is 11.8. The van der Waals surface area contributed by atoms with Crippen LogP contribution in [-0.2, 0) is 19.4 Å². The first kappa shape index (κ1) is 15.9. The maximum atomic E-state index is 11.8. The highest BCUT2D eigenvalue weighted by Crippen LogP contribution is 1.96. The molecule has 0 aromatic rings. The summed E-state index contributed by atoms with van der Waals surface area (Å²) < 4.78 is 21.8. The quantitative estimate of drug-likeness (QED) is 0.478. The monoisotopic (exact) mass is 291 g/mol.